The highest BCUT2D eigenvalue weighted by molar-refractivity contribution is 5.96. The molecular formula is C38H53N3O9. The Morgan fingerprint density at radius 2 is 1.32 bits per heavy atom. The van der Waals surface area contributed by atoms with E-state index in [0.29, 0.717) is 23.8 Å². The summed E-state index contributed by atoms with van der Waals surface area (Å²) in [6.45, 7) is 13.0. The van der Waals surface area contributed by atoms with Crippen LogP contribution in [-0.4, -0.2) is 64.2 Å². The van der Waals surface area contributed by atoms with E-state index in [1.54, 1.807) is 24.5 Å². The van der Waals surface area contributed by atoms with Crippen LogP contribution in [0.3, 0.4) is 0 Å². The predicted molar refractivity (Wildman–Crippen MR) is 177 cm³/mol. The fourth-order valence-corrected chi connectivity index (χ4v) is 11.6. The molecule has 16 atom stereocenters. The van der Waals surface area contributed by atoms with Crippen LogP contribution in [0.5, 0.6) is 0 Å². The van der Waals surface area contributed by atoms with E-state index in [9.17, 15) is 4.79 Å². The molecule has 2 spiro atoms. The molecule has 4 bridgehead atoms. The van der Waals surface area contributed by atoms with Gasteiger partial charge < -0.3 is 18.9 Å². The second kappa shape index (κ2) is 12.0. The third-order valence-corrected chi connectivity index (χ3v) is 14.4. The first-order valence-corrected chi connectivity index (χ1v) is 19.1. The van der Waals surface area contributed by atoms with Crippen LogP contribution in [0.25, 0.3) is 0 Å². The molecule has 10 fully saturated rings. The van der Waals surface area contributed by atoms with E-state index in [-0.39, 0.29) is 47.5 Å². The lowest BCUT2D eigenvalue weighted by Gasteiger charge is -2.61. The molecule has 1 N–H and O–H groups in total. The summed E-state index contributed by atoms with van der Waals surface area (Å²) < 4.78 is 27.5. The van der Waals surface area contributed by atoms with Crippen molar-refractivity contribution in [3.63, 3.8) is 0 Å². The zero-order chi connectivity index (χ0) is 34.6. The number of ether oxygens (including phenoxy) is 4. The van der Waals surface area contributed by atoms with Crippen molar-refractivity contribution in [3.05, 3.63) is 30.1 Å². The molecule has 12 nitrogen and oxygen atoms in total. The van der Waals surface area contributed by atoms with Crippen LogP contribution in [0, 0.1) is 47.3 Å². The number of rotatable bonds is 5. The molecule has 8 aliphatic heterocycles. The Labute approximate surface area is 294 Å². The van der Waals surface area contributed by atoms with Gasteiger partial charge in [-0.1, -0.05) is 27.7 Å². The molecule has 8 saturated heterocycles. The Morgan fingerprint density at radius 1 is 0.760 bits per heavy atom. The largest absolute Gasteiger partial charge is 0.345 e. The van der Waals surface area contributed by atoms with Crippen LogP contribution in [0.2, 0.25) is 0 Å². The Balaban J connectivity index is 1.07. The van der Waals surface area contributed by atoms with Gasteiger partial charge >= 0.3 is 0 Å². The lowest BCUT2D eigenvalue weighted by atomic mass is 9.56. The Hall–Kier alpha value is -2.03. The van der Waals surface area contributed by atoms with Crippen molar-refractivity contribution in [2.75, 3.05) is 0 Å². The van der Waals surface area contributed by atoms with Gasteiger partial charge in [0.05, 0.1) is 11.8 Å². The lowest BCUT2D eigenvalue weighted by Crippen LogP contribution is -2.71. The minimum absolute atomic E-state index is 0.00146. The van der Waals surface area contributed by atoms with Gasteiger partial charge in [-0.3, -0.25) is 9.78 Å². The summed E-state index contributed by atoms with van der Waals surface area (Å²) in [5.74, 6) is -0.244. The first kappa shape index (κ1) is 33.8. The summed E-state index contributed by atoms with van der Waals surface area (Å²) in [6.07, 6.45) is 9.31. The molecule has 50 heavy (non-hydrogen) atoms. The van der Waals surface area contributed by atoms with Gasteiger partial charge in [0.25, 0.3) is 5.91 Å². The third kappa shape index (κ3) is 4.96. The minimum Gasteiger partial charge on any atom is -0.345 e. The maximum atomic E-state index is 13.4. The van der Waals surface area contributed by atoms with Crippen LogP contribution < -0.4 is 5.43 Å². The number of carbonyl (C=O) groups excluding carboxylic acids is 1. The van der Waals surface area contributed by atoms with E-state index in [1.165, 1.54) is 0 Å². The van der Waals surface area contributed by atoms with E-state index in [1.807, 2.05) is 13.8 Å². The SMILES string of the molecule is C[C@H]1[C@@H](/C(C[C@H]2O[C@@H]3O[C@]4(C)CC[C@H]5[C@H](C)CC[C@@H]([C@H]2C)[C@@]35OO4)=N\NC(=O)c2ccncc2)O[C@@H]2O[C@]3(C)CC[C@H]4[C@H](C)CC[C@@H]1[C@@]24OO3. The zero-order valence-corrected chi connectivity index (χ0v) is 30.2. The predicted octanol–water partition coefficient (Wildman–Crippen LogP) is 6.06. The molecule has 2 aliphatic carbocycles. The summed E-state index contributed by atoms with van der Waals surface area (Å²) >= 11 is 0. The second-order valence-corrected chi connectivity index (χ2v) is 17.3. The van der Waals surface area contributed by atoms with E-state index in [2.05, 4.69) is 38.1 Å². The smallest absolute Gasteiger partial charge is 0.271 e. The summed E-state index contributed by atoms with van der Waals surface area (Å²) in [6, 6.07) is 3.36. The number of fused-ring (bicyclic) bond motifs is 4. The topological polar surface area (TPSA) is 128 Å². The number of carbonyl (C=O) groups is 1. The molecule has 1 aromatic heterocycles. The quantitative estimate of drug-likeness (QED) is 0.221. The number of amides is 1. The lowest BCUT2D eigenvalue weighted by molar-refractivity contribution is -0.571. The second-order valence-electron chi connectivity index (χ2n) is 17.3. The highest BCUT2D eigenvalue weighted by atomic mass is 17.3. The molecule has 0 radical (unpaired) electrons. The van der Waals surface area contributed by atoms with Gasteiger partial charge in [-0.05, 0) is 100 Å². The van der Waals surface area contributed by atoms with Crippen molar-refractivity contribution in [3.8, 4) is 0 Å². The number of nitrogens with one attached hydrogen (secondary N) is 1. The van der Waals surface area contributed by atoms with Crippen LogP contribution >= 0.6 is 0 Å². The number of aromatic nitrogens is 1. The molecule has 0 unspecified atom stereocenters. The number of hydrogen-bond donors (Lipinski definition) is 1. The molecule has 10 aliphatic rings. The van der Waals surface area contributed by atoms with Gasteiger partial charge in [-0.15, -0.1) is 0 Å². The minimum atomic E-state index is -0.895. The molecule has 274 valence electrons. The molecule has 1 amide bonds. The third-order valence-electron chi connectivity index (χ3n) is 14.4. The van der Waals surface area contributed by atoms with Crippen molar-refractivity contribution in [2.45, 2.75) is 147 Å². The molecule has 9 heterocycles. The fraction of sp³-hybridized carbons (Fsp3) is 0.816. The first-order chi connectivity index (χ1) is 24.0. The fourth-order valence-electron chi connectivity index (χ4n) is 11.6. The average Bonchev–Trinajstić information content (AvgIpc) is 3.48. The Bertz CT molecular complexity index is 1520. The molecule has 12 heteroatoms. The van der Waals surface area contributed by atoms with Crippen LogP contribution in [0.15, 0.2) is 29.6 Å². The van der Waals surface area contributed by atoms with Crippen LogP contribution in [0.1, 0.15) is 110 Å². The number of hydrazone groups is 1. The maximum Gasteiger partial charge on any atom is 0.271 e. The van der Waals surface area contributed by atoms with Gasteiger partial charge in [0.15, 0.2) is 23.8 Å². The van der Waals surface area contributed by atoms with Crippen LogP contribution in [-0.2, 0) is 38.5 Å². The Morgan fingerprint density at radius 3 is 1.92 bits per heavy atom. The van der Waals surface area contributed by atoms with Crippen molar-refractivity contribution >= 4 is 11.6 Å². The maximum absolute atomic E-state index is 13.4. The van der Waals surface area contributed by atoms with Crippen molar-refractivity contribution in [1.29, 1.82) is 0 Å². The zero-order valence-electron chi connectivity index (χ0n) is 30.2. The molecular weight excluding hydrogens is 642 g/mol. The van der Waals surface area contributed by atoms with Crippen molar-refractivity contribution < 1.29 is 43.3 Å². The molecule has 0 aromatic carbocycles. The highest BCUT2D eigenvalue weighted by Gasteiger charge is 2.71. The van der Waals surface area contributed by atoms with Crippen molar-refractivity contribution in [2.24, 2.45) is 52.4 Å². The van der Waals surface area contributed by atoms with Gasteiger partial charge in [-0.25, -0.2) is 25.0 Å². The highest BCUT2D eigenvalue weighted by Crippen LogP contribution is 2.63. The first-order valence-electron chi connectivity index (χ1n) is 19.1. The number of pyridine rings is 1. The monoisotopic (exact) mass is 695 g/mol. The van der Waals surface area contributed by atoms with Crippen LogP contribution in [0.4, 0.5) is 0 Å². The summed E-state index contributed by atoms with van der Waals surface area (Å²) in [7, 11) is 0. The van der Waals surface area contributed by atoms with Gasteiger partial charge in [0, 0.05) is 49.1 Å². The summed E-state index contributed by atoms with van der Waals surface area (Å²) in [5.41, 5.74) is 2.70. The summed E-state index contributed by atoms with van der Waals surface area (Å²) in [4.78, 5) is 42.5. The van der Waals surface area contributed by atoms with Gasteiger partial charge in [0.1, 0.15) is 6.10 Å². The standard InChI is InChI=1S/C38H53N3O9/c1-20-7-9-27-22(3)30(43-33-37(27)25(20)11-15-35(5,45-33)47-49-37)19-29(40-41-32(42)24-13-17-39-18-14-24)31-23(4)28-10-8-21(2)26-12-16-36(6)46-34(44-31)38(26,28)50-48-36/h13-14,17-18,20-23,25-28,30-31,33-34H,7-12,15-16,19H2,1-6H3,(H,41,42)/b40-29-/t20-,21-,22-,23-,25+,26+,27+,28+,30-,31+,33-,34-,35+,36+,37-,38-/m1/s1. The summed E-state index contributed by atoms with van der Waals surface area (Å²) in [5, 5.41) is 4.90. The average molecular weight is 696 g/mol. The normalized spacial score (nSPS) is 52.3. The van der Waals surface area contributed by atoms with E-state index < -0.39 is 41.5 Å². The van der Waals surface area contributed by atoms with Gasteiger partial charge in [-0.2, -0.15) is 5.10 Å². The van der Waals surface area contributed by atoms with Gasteiger partial charge in [0.2, 0.25) is 11.6 Å². The number of hydrogen-bond acceptors (Lipinski definition) is 11. The molecule has 2 saturated carbocycles. The van der Waals surface area contributed by atoms with E-state index >= 15 is 0 Å². The van der Waals surface area contributed by atoms with Crippen molar-refractivity contribution in [1.82, 2.24) is 10.4 Å². The molecule has 1 aromatic rings. The molecule has 11 rings (SSSR count). The Kier molecular flexibility index (Phi) is 8.10. The van der Waals surface area contributed by atoms with E-state index in [0.717, 1.165) is 57.1 Å². The number of nitrogens with zero attached hydrogens (tertiary/aromatic N) is 2. The van der Waals surface area contributed by atoms with E-state index in [4.69, 9.17) is 43.6 Å².